The van der Waals surface area contributed by atoms with Gasteiger partial charge in [-0.25, -0.2) is 8.78 Å². The van der Waals surface area contributed by atoms with E-state index in [1.807, 2.05) is 13.8 Å². The summed E-state index contributed by atoms with van der Waals surface area (Å²) in [7, 11) is 0. The predicted molar refractivity (Wildman–Crippen MR) is 66.9 cm³/mol. The van der Waals surface area contributed by atoms with E-state index in [1.165, 1.54) is 12.1 Å². The van der Waals surface area contributed by atoms with Crippen LogP contribution in [0.1, 0.15) is 37.4 Å². The monoisotopic (exact) mass is 239 g/mol. The summed E-state index contributed by atoms with van der Waals surface area (Å²) in [5, 5.41) is 3.10. The van der Waals surface area contributed by atoms with Gasteiger partial charge in [0, 0.05) is 11.6 Å². The second-order valence-corrected chi connectivity index (χ2v) is 4.36. The van der Waals surface area contributed by atoms with Crippen molar-refractivity contribution in [3.05, 3.63) is 47.0 Å². The SMILES string of the molecule is C=C(C)CC(NCC)c1c(F)ccc(C)c1F. The van der Waals surface area contributed by atoms with E-state index in [0.717, 1.165) is 5.57 Å². The van der Waals surface area contributed by atoms with Gasteiger partial charge in [0.25, 0.3) is 0 Å². The van der Waals surface area contributed by atoms with Gasteiger partial charge in [-0.2, -0.15) is 0 Å². The number of hydrogen-bond donors (Lipinski definition) is 1. The molecule has 0 heterocycles. The van der Waals surface area contributed by atoms with Crippen molar-refractivity contribution in [3.63, 3.8) is 0 Å². The fourth-order valence-corrected chi connectivity index (χ4v) is 1.87. The van der Waals surface area contributed by atoms with Crippen molar-refractivity contribution in [3.8, 4) is 0 Å². The number of benzene rings is 1. The third-order valence-corrected chi connectivity index (χ3v) is 2.67. The zero-order valence-electron chi connectivity index (χ0n) is 10.6. The van der Waals surface area contributed by atoms with Gasteiger partial charge in [0.15, 0.2) is 0 Å². The van der Waals surface area contributed by atoms with Crippen molar-refractivity contribution in [2.45, 2.75) is 33.2 Å². The highest BCUT2D eigenvalue weighted by Crippen LogP contribution is 2.27. The second kappa shape index (κ2) is 5.92. The molecule has 1 unspecified atom stereocenters. The molecule has 1 aromatic carbocycles. The summed E-state index contributed by atoms with van der Waals surface area (Å²) in [5.41, 5.74) is 1.48. The predicted octanol–water partition coefficient (Wildman–Crippen LogP) is 3.89. The zero-order chi connectivity index (χ0) is 13.0. The van der Waals surface area contributed by atoms with Crippen LogP contribution in [0.5, 0.6) is 0 Å². The van der Waals surface area contributed by atoms with Crippen LogP contribution in [0.3, 0.4) is 0 Å². The maximum Gasteiger partial charge on any atom is 0.133 e. The molecule has 1 aromatic rings. The largest absolute Gasteiger partial charge is 0.310 e. The third kappa shape index (κ3) is 3.37. The summed E-state index contributed by atoms with van der Waals surface area (Å²) in [5.74, 6) is -0.961. The molecular formula is C14H19F2N. The van der Waals surface area contributed by atoms with Crippen LogP contribution in [0.4, 0.5) is 8.78 Å². The maximum atomic E-state index is 14.0. The summed E-state index contributed by atoms with van der Waals surface area (Å²) in [6.45, 7) is 9.87. The summed E-state index contributed by atoms with van der Waals surface area (Å²) in [6, 6.07) is 2.42. The Balaban J connectivity index is 3.16. The lowest BCUT2D eigenvalue weighted by Gasteiger charge is -2.20. The molecule has 0 aliphatic carbocycles. The smallest absolute Gasteiger partial charge is 0.133 e. The fourth-order valence-electron chi connectivity index (χ4n) is 1.87. The van der Waals surface area contributed by atoms with Gasteiger partial charge in [0.2, 0.25) is 0 Å². The van der Waals surface area contributed by atoms with Gasteiger partial charge >= 0.3 is 0 Å². The molecule has 0 aliphatic heterocycles. The lowest BCUT2D eigenvalue weighted by atomic mass is 9.97. The highest BCUT2D eigenvalue weighted by Gasteiger charge is 2.20. The highest BCUT2D eigenvalue weighted by molar-refractivity contribution is 5.30. The van der Waals surface area contributed by atoms with Crippen LogP contribution in [-0.2, 0) is 0 Å². The Morgan fingerprint density at radius 2 is 2.06 bits per heavy atom. The topological polar surface area (TPSA) is 12.0 Å². The maximum absolute atomic E-state index is 14.0. The van der Waals surface area contributed by atoms with Gasteiger partial charge in [0.1, 0.15) is 11.6 Å². The van der Waals surface area contributed by atoms with E-state index < -0.39 is 11.6 Å². The molecule has 0 spiro atoms. The number of aryl methyl sites for hydroxylation is 1. The first-order chi connectivity index (χ1) is 7.97. The fraction of sp³-hybridized carbons (Fsp3) is 0.429. The average Bonchev–Trinajstić information content (AvgIpc) is 2.23. The number of halogens is 2. The summed E-state index contributed by atoms with van der Waals surface area (Å²) in [6.07, 6.45) is 0.533. The van der Waals surface area contributed by atoms with Crippen molar-refractivity contribution in [1.82, 2.24) is 5.32 Å². The van der Waals surface area contributed by atoms with Gasteiger partial charge in [-0.15, -0.1) is 6.58 Å². The van der Waals surface area contributed by atoms with Crippen LogP contribution in [0, 0.1) is 18.6 Å². The molecule has 1 N–H and O–H groups in total. The molecule has 0 amide bonds. The zero-order valence-corrected chi connectivity index (χ0v) is 10.6. The summed E-state index contributed by atoms with van der Waals surface area (Å²) >= 11 is 0. The van der Waals surface area contributed by atoms with E-state index in [-0.39, 0.29) is 11.6 Å². The Labute approximate surface area is 102 Å². The Kier molecular flexibility index (Phi) is 4.82. The molecule has 3 heteroatoms. The normalized spacial score (nSPS) is 12.5. The minimum Gasteiger partial charge on any atom is -0.310 e. The highest BCUT2D eigenvalue weighted by atomic mass is 19.1. The van der Waals surface area contributed by atoms with Crippen molar-refractivity contribution < 1.29 is 8.78 Å². The van der Waals surface area contributed by atoms with E-state index in [4.69, 9.17) is 0 Å². The number of nitrogens with one attached hydrogen (secondary N) is 1. The van der Waals surface area contributed by atoms with Gasteiger partial charge in [-0.3, -0.25) is 0 Å². The molecule has 1 rings (SSSR count). The number of rotatable bonds is 5. The van der Waals surface area contributed by atoms with Crippen molar-refractivity contribution in [1.29, 1.82) is 0 Å². The van der Waals surface area contributed by atoms with Gasteiger partial charge in [-0.1, -0.05) is 18.6 Å². The average molecular weight is 239 g/mol. The standard InChI is InChI=1S/C14H19F2N/c1-5-17-12(8-9(2)3)13-11(15)7-6-10(4)14(13)16/h6-7,12,17H,2,5,8H2,1,3-4H3. The van der Waals surface area contributed by atoms with Crippen molar-refractivity contribution >= 4 is 0 Å². The molecule has 0 aromatic heterocycles. The molecule has 0 saturated heterocycles. The molecule has 17 heavy (non-hydrogen) atoms. The van der Waals surface area contributed by atoms with E-state index >= 15 is 0 Å². The van der Waals surface area contributed by atoms with Crippen LogP contribution in [0.15, 0.2) is 24.3 Å². The number of hydrogen-bond acceptors (Lipinski definition) is 1. The van der Waals surface area contributed by atoms with Gasteiger partial charge < -0.3 is 5.32 Å². The molecule has 0 aliphatic rings. The Hall–Kier alpha value is -1.22. The third-order valence-electron chi connectivity index (χ3n) is 2.67. The molecule has 0 radical (unpaired) electrons. The molecule has 1 atom stereocenters. The Bertz CT molecular complexity index is 413. The van der Waals surface area contributed by atoms with E-state index in [0.29, 0.717) is 18.5 Å². The van der Waals surface area contributed by atoms with Crippen LogP contribution >= 0.6 is 0 Å². The van der Waals surface area contributed by atoms with Crippen LogP contribution in [0.25, 0.3) is 0 Å². The summed E-state index contributed by atoms with van der Waals surface area (Å²) in [4.78, 5) is 0. The van der Waals surface area contributed by atoms with E-state index in [1.54, 1.807) is 6.92 Å². The lowest BCUT2D eigenvalue weighted by Crippen LogP contribution is -2.23. The first-order valence-corrected chi connectivity index (χ1v) is 5.79. The van der Waals surface area contributed by atoms with Gasteiger partial charge in [0.05, 0.1) is 0 Å². The van der Waals surface area contributed by atoms with Crippen molar-refractivity contribution in [2.75, 3.05) is 6.54 Å². The minimum atomic E-state index is -0.500. The Morgan fingerprint density at radius 3 is 2.59 bits per heavy atom. The molecule has 1 nitrogen and oxygen atoms in total. The van der Waals surface area contributed by atoms with Crippen LogP contribution < -0.4 is 5.32 Å². The lowest BCUT2D eigenvalue weighted by molar-refractivity contribution is 0.469. The second-order valence-electron chi connectivity index (χ2n) is 4.36. The van der Waals surface area contributed by atoms with Crippen LogP contribution in [0.2, 0.25) is 0 Å². The minimum absolute atomic E-state index is 0.120. The molecular weight excluding hydrogens is 220 g/mol. The van der Waals surface area contributed by atoms with Crippen LogP contribution in [-0.4, -0.2) is 6.54 Å². The quantitative estimate of drug-likeness (QED) is 0.769. The molecule has 0 fully saturated rings. The first kappa shape index (κ1) is 13.8. The summed E-state index contributed by atoms with van der Waals surface area (Å²) < 4.78 is 27.7. The molecule has 0 bridgehead atoms. The molecule has 94 valence electrons. The van der Waals surface area contributed by atoms with E-state index in [9.17, 15) is 8.78 Å². The van der Waals surface area contributed by atoms with E-state index in [2.05, 4.69) is 11.9 Å². The first-order valence-electron chi connectivity index (χ1n) is 5.79. The molecule has 0 saturated carbocycles. The Morgan fingerprint density at radius 1 is 1.41 bits per heavy atom. The van der Waals surface area contributed by atoms with Crippen molar-refractivity contribution in [2.24, 2.45) is 0 Å². The van der Waals surface area contributed by atoms with Gasteiger partial charge in [-0.05, 0) is 38.4 Å².